The van der Waals surface area contributed by atoms with Crippen LogP contribution >= 0.6 is 0 Å². The summed E-state index contributed by atoms with van der Waals surface area (Å²) < 4.78 is 0. The van der Waals surface area contributed by atoms with E-state index in [1.165, 1.54) is 61.8 Å². The van der Waals surface area contributed by atoms with Crippen LogP contribution in [0.1, 0.15) is 80.5 Å². The summed E-state index contributed by atoms with van der Waals surface area (Å²) in [4.78, 5) is 2.53. The van der Waals surface area contributed by atoms with Crippen molar-refractivity contribution in [3.8, 4) is 0 Å². The number of piperidine rings is 1. The third kappa shape index (κ3) is 5.34. The summed E-state index contributed by atoms with van der Waals surface area (Å²) in [6.07, 6.45) is 10.3. The lowest BCUT2D eigenvalue weighted by atomic mass is 9.87. The van der Waals surface area contributed by atoms with Crippen molar-refractivity contribution >= 4 is 11.4 Å². The molecular weight excluding hydrogens is 376 g/mol. The van der Waals surface area contributed by atoms with Gasteiger partial charge in [-0.05, 0) is 91.9 Å². The summed E-state index contributed by atoms with van der Waals surface area (Å²) in [6, 6.07) is 16.2. The quantitative estimate of drug-likeness (QED) is 0.480. The van der Waals surface area contributed by atoms with Gasteiger partial charge >= 0.3 is 0 Å². The SMILES string of the molecule is C=C(N)c1ccc(CC)cc1N1CCC(CCc2cccc(C(CC)C3CC3)c2)CC1. The Balaban J connectivity index is 1.34. The van der Waals surface area contributed by atoms with Gasteiger partial charge in [-0.25, -0.2) is 0 Å². The van der Waals surface area contributed by atoms with E-state index >= 15 is 0 Å². The van der Waals surface area contributed by atoms with Gasteiger partial charge in [0.15, 0.2) is 0 Å². The molecule has 2 heteroatoms. The van der Waals surface area contributed by atoms with E-state index in [-0.39, 0.29) is 0 Å². The van der Waals surface area contributed by atoms with Gasteiger partial charge in [-0.3, -0.25) is 0 Å². The smallest absolute Gasteiger partial charge is 0.0463 e. The van der Waals surface area contributed by atoms with Crippen molar-refractivity contribution in [2.75, 3.05) is 18.0 Å². The van der Waals surface area contributed by atoms with E-state index < -0.39 is 0 Å². The van der Waals surface area contributed by atoms with Crippen LogP contribution in [-0.2, 0) is 12.8 Å². The van der Waals surface area contributed by atoms with E-state index in [2.05, 4.69) is 67.8 Å². The van der Waals surface area contributed by atoms with Crippen LogP contribution in [0.25, 0.3) is 5.70 Å². The monoisotopic (exact) mass is 416 g/mol. The molecule has 2 aromatic rings. The molecule has 0 radical (unpaired) electrons. The Labute approximate surface area is 189 Å². The minimum Gasteiger partial charge on any atom is -0.399 e. The Morgan fingerprint density at radius 3 is 2.45 bits per heavy atom. The van der Waals surface area contributed by atoms with Crippen LogP contribution < -0.4 is 10.6 Å². The first-order valence-corrected chi connectivity index (χ1v) is 12.5. The lowest BCUT2D eigenvalue weighted by Crippen LogP contribution is -2.34. The Hall–Kier alpha value is -2.22. The first kappa shape index (κ1) is 22.0. The van der Waals surface area contributed by atoms with E-state index in [0.717, 1.165) is 42.8 Å². The van der Waals surface area contributed by atoms with Crippen molar-refractivity contribution in [1.29, 1.82) is 0 Å². The highest BCUT2D eigenvalue weighted by atomic mass is 15.1. The highest BCUT2D eigenvalue weighted by Gasteiger charge is 2.31. The molecule has 1 aliphatic carbocycles. The third-order valence-electron chi connectivity index (χ3n) is 7.62. The fourth-order valence-electron chi connectivity index (χ4n) is 5.48. The van der Waals surface area contributed by atoms with Gasteiger partial charge in [0.2, 0.25) is 0 Å². The lowest BCUT2D eigenvalue weighted by Gasteiger charge is -2.35. The summed E-state index contributed by atoms with van der Waals surface area (Å²) >= 11 is 0. The zero-order valence-electron chi connectivity index (χ0n) is 19.6. The van der Waals surface area contributed by atoms with Crippen LogP contribution in [0.3, 0.4) is 0 Å². The van der Waals surface area contributed by atoms with E-state index in [0.29, 0.717) is 5.70 Å². The predicted octanol–water partition coefficient (Wildman–Crippen LogP) is 6.93. The van der Waals surface area contributed by atoms with E-state index in [1.807, 2.05) is 0 Å². The third-order valence-corrected chi connectivity index (χ3v) is 7.62. The zero-order chi connectivity index (χ0) is 21.8. The molecule has 4 rings (SSSR count). The van der Waals surface area contributed by atoms with Crippen LogP contribution in [0.5, 0.6) is 0 Å². The maximum absolute atomic E-state index is 6.10. The number of benzene rings is 2. The molecule has 166 valence electrons. The Morgan fingerprint density at radius 1 is 1.03 bits per heavy atom. The van der Waals surface area contributed by atoms with Gasteiger partial charge in [0.25, 0.3) is 0 Å². The second kappa shape index (κ2) is 9.94. The number of aryl methyl sites for hydroxylation is 2. The Morgan fingerprint density at radius 2 is 1.81 bits per heavy atom. The molecule has 1 aliphatic heterocycles. The van der Waals surface area contributed by atoms with Gasteiger partial charge in [0.1, 0.15) is 0 Å². The summed E-state index contributed by atoms with van der Waals surface area (Å²) in [5.74, 6) is 2.56. The second-order valence-corrected chi connectivity index (χ2v) is 9.80. The number of rotatable bonds is 9. The zero-order valence-corrected chi connectivity index (χ0v) is 19.6. The van der Waals surface area contributed by atoms with Gasteiger partial charge in [-0.15, -0.1) is 0 Å². The molecule has 0 spiro atoms. The fourth-order valence-corrected chi connectivity index (χ4v) is 5.48. The van der Waals surface area contributed by atoms with Gasteiger partial charge in [0, 0.05) is 30.0 Å². The average molecular weight is 417 g/mol. The van der Waals surface area contributed by atoms with E-state index in [4.69, 9.17) is 5.73 Å². The largest absolute Gasteiger partial charge is 0.399 e. The van der Waals surface area contributed by atoms with Crippen LogP contribution in [0.15, 0.2) is 49.0 Å². The standard InChI is InChI=1S/C29H40N2/c1-4-22-11-14-28(21(3)30)29(20-22)31-17-15-23(16-18-31)9-10-24-7-6-8-26(19-24)27(5-2)25-12-13-25/h6-8,11,14,19-20,23,25,27H,3-5,9-10,12-13,15-18,30H2,1-2H3. The van der Waals surface area contributed by atoms with Gasteiger partial charge in [-0.2, -0.15) is 0 Å². The van der Waals surface area contributed by atoms with E-state index in [9.17, 15) is 0 Å². The molecule has 1 heterocycles. The van der Waals surface area contributed by atoms with Crippen molar-refractivity contribution in [2.45, 2.75) is 71.1 Å². The van der Waals surface area contributed by atoms with Crippen molar-refractivity contribution in [3.63, 3.8) is 0 Å². The second-order valence-electron chi connectivity index (χ2n) is 9.80. The molecule has 31 heavy (non-hydrogen) atoms. The molecule has 2 aliphatic rings. The first-order valence-electron chi connectivity index (χ1n) is 12.5. The van der Waals surface area contributed by atoms with Crippen LogP contribution in [0, 0.1) is 11.8 Å². The molecule has 2 aromatic carbocycles. The van der Waals surface area contributed by atoms with Crippen molar-refractivity contribution in [1.82, 2.24) is 0 Å². The Bertz CT molecular complexity index is 887. The maximum Gasteiger partial charge on any atom is 0.0463 e. The van der Waals surface area contributed by atoms with Gasteiger partial charge < -0.3 is 10.6 Å². The molecule has 0 amide bonds. The number of nitrogens with two attached hydrogens (primary N) is 1. The minimum absolute atomic E-state index is 0.677. The molecule has 0 bridgehead atoms. The molecule has 2 N–H and O–H groups in total. The van der Waals surface area contributed by atoms with Crippen LogP contribution in [0.4, 0.5) is 5.69 Å². The van der Waals surface area contributed by atoms with Gasteiger partial charge in [0.05, 0.1) is 0 Å². The number of hydrogen-bond donors (Lipinski definition) is 1. The topological polar surface area (TPSA) is 29.3 Å². The molecule has 1 atom stereocenters. The summed E-state index contributed by atoms with van der Waals surface area (Å²) in [7, 11) is 0. The average Bonchev–Trinajstić information content (AvgIpc) is 3.63. The fraction of sp³-hybridized carbons (Fsp3) is 0.517. The van der Waals surface area contributed by atoms with Crippen LogP contribution in [-0.4, -0.2) is 13.1 Å². The first-order chi connectivity index (χ1) is 15.1. The Kier molecular flexibility index (Phi) is 7.05. The molecular formula is C29H40N2. The molecule has 0 aromatic heterocycles. The highest BCUT2D eigenvalue weighted by molar-refractivity contribution is 5.74. The normalized spacial score (nSPS) is 18.2. The highest BCUT2D eigenvalue weighted by Crippen LogP contribution is 2.44. The number of nitrogens with zero attached hydrogens (tertiary/aromatic N) is 1. The predicted molar refractivity (Wildman–Crippen MR) is 134 cm³/mol. The van der Waals surface area contributed by atoms with E-state index in [1.54, 1.807) is 5.56 Å². The number of hydrogen-bond acceptors (Lipinski definition) is 2. The molecule has 1 unspecified atom stereocenters. The van der Waals surface area contributed by atoms with Gasteiger partial charge in [-0.1, -0.05) is 56.8 Å². The maximum atomic E-state index is 6.10. The summed E-state index contributed by atoms with van der Waals surface area (Å²) in [5, 5.41) is 0. The molecule has 2 fully saturated rings. The van der Waals surface area contributed by atoms with Crippen molar-refractivity contribution < 1.29 is 0 Å². The summed E-state index contributed by atoms with van der Waals surface area (Å²) in [5.41, 5.74) is 13.7. The lowest BCUT2D eigenvalue weighted by molar-refractivity contribution is 0.382. The van der Waals surface area contributed by atoms with Crippen LogP contribution in [0.2, 0.25) is 0 Å². The summed E-state index contributed by atoms with van der Waals surface area (Å²) in [6.45, 7) is 10.8. The minimum atomic E-state index is 0.677. The van der Waals surface area contributed by atoms with Crippen molar-refractivity contribution in [3.05, 3.63) is 71.3 Å². The number of anilines is 1. The molecule has 1 saturated carbocycles. The van der Waals surface area contributed by atoms with Crippen molar-refractivity contribution in [2.24, 2.45) is 17.6 Å². The molecule has 1 saturated heterocycles. The molecule has 2 nitrogen and oxygen atoms in total.